The van der Waals surface area contributed by atoms with E-state index in [2.05, 4.69) is 27.2 Å². The Morgan fingerprint density at radius 1 is 1.22 bits per heavy atom. The molecule has 4 heteroatoms. The van der Waals surface area contributed by atoms with Gasteiger partial charge in [0.25, 0.3) is 0 Å². The molecule has 98 valence electrons. The van der Waals surface area contributed by atoms with Crippen LogP contribution in [-0.2, 0) is 12.8 Å². The van der Waals surface area contributed by atoms with Crippen LogP contribution in [0.15, 0.2) is 6.33 Å². The van der Waals surface area contributed by atoms with E-state index >= 15 is 0 Å². The normalized spacial score (nSPS) is 23.8. The molecule has 0 aromatic carbocycles. The van der Waals surface area contributed by atoms with Crippen LogP contribution in [-0.4, -0.2) is 36.1 Å². The van der Waals surface area contributed by atoms with Gasteiger partial charge in [0.15, 0.2) is 0 Å². The van der Waals surface area contributed by atoms with E-state index < -0.39 is 0 Å². The first-order chi connectivity index (χ1) is 8.88. The number of likely N-dealkylation sites (N-methyl/N-ethyl adjacent to an activating group) is 1. The Balaban J connectivity index is 1.87. The molecule has 1 fully saturated rings. The van der Waals surface area contributed by atoms with Gasteiger partial charge >= 0.3 is 0 Å². The van der Waals surface area contributed by atoms with Crippen LogP contribution in [0.1, 0.15) is 36.9 Å². The molecule has 18 heavy (non-hydrogen) atoms. The van der Waals surface area contributed by atoms with E-state index in [0.29, 0.717) is 6.04 Å². The molecule has 3 rings (SSSR count). The van der Waals surface area contributed by atoms with Crippen LogP contribution in [0, 0.1) is 0 Å². The number of nitrogens with zero attached hydrogens (tertiary/aromatic N) is 3. The molecule has 1 aliphatic heterocycles. The minimum Gasteiger partial charge on any atom is -0.355 e. The minimum atomic E-state index is 0.605. The summed E-state index contributed by atoms with van der Waals surface area (Å²) in [6.45, 7) is 2.22. The van der Waals surface area contributed by atoms with Gasteiger partial charge in [-0.25, -0.2) is 9.97 Å². The van der Waals surface area contributed by atoms with Crippen molar-refractivity contribution in [3.8, 4) is 0 Å². The second kappa shape index (κ2) is 5.22. The molecule has 4 nitrogen and oxygen atoms in total. The number of aryl methyl sites for hydroxylation is 1. The van der Waals surface area contributed by atoms with Crippen LogP contribution < -0.4 is 10.2 Å². The Labute approximate surface area is 109 Å². The molecule has 1 unspecified atom stereocenters. The second-order valence-electron chi connectivity index (χ2n) is 5.40. The maximum atomic E-state index is 4.57. The number of hydrogen-bond donors (Lipinski definition) is 1. The number of nitrogens with one attached hydrogen (secondary N) is 1. The molecule has 0 radical (unpaired) electrons. The molecule has 1 aromatic rings. The maximum absolute atomic E-state index is 4.57. The zero-order valence-electron chi connectivity index (χ0n) is 11.2. The van der Waals surface area contributed by atoms with Crippen molar-refractivity contribution in [2.24, 2.45) is 0 Å². The molecule has 2 aliphatic rings. The number of hydrogen-bond acceptors (Lipinski definition) is 4. The van der Waals surface area contributed by atoms with Gasteiger partial charge in [0, 0.05) is 30.4 Å². The average Bonchev–Trinajstić information content (AvgIpc) is 2.47. The lowest BCUT2D eigenvalue weighted by Gasteiger charge is -2.35. The van der Waals surface area contributed by atoms with Gasteiger partial charge in [0.05, 0.1) is 0 Å². The number of fused-ring (bicyclic) bond motifs is 1. The van der Waals surface area contributed by atoms with Gasteiger partial charge < -0.3 is 10.2 Å². The summed E-state index contributed by atoms with van der Waals surface area (Å²) >= 11 is 0. The molecule has 2 heterocycles. The third-order valence-corrected chi connectivity index (χ3v) is 4.23. The van der Waals surface area contributed by atoms with Gasteiger partial charge in [-0.3, -0.25) is 0 Å². The van der Waals surface area contributed by atoms with E-state index in [1.54, 1.807) is 6.33 Å². The van der Waals surface area contributed by atoms with Crippen molar-refractivity contribution in [3.05, 3.63) is 17.6 Å². The summed E-state index contributed by atoms with van der Waals surface area (Å²) in [6, 6.07) is 0.605. The molecule has 1 aromatic heterocycles. The fourth-order valence-corrected chi connectivity index (χ4v) is 3.18. The van der Waals surface area contributed by atoms with E-state index in [-0.39, 0.29) is 0 Å². The molecule has 0 amide bonds. The highest BCUT2D eigenvalue weighted by atomic mass is 15.2. The van der Waals surface area contributed by atoms with Crippen molar-refractivity contribution in [1.82, 2.24) is 15.3 Å². The number of aromatic nitrogens is 2. The standard InChI is InChI=1S/C14H22N4/c1-15-11-5-4-8-18(9-11)14-12-6-2-3-7-13(12)16-10-17-14/h10-11,15H,2-9H2,1H3. The molecule has 1 N–H and O–H groups in total. The lowest BCUT2D eigenvalue weighted by Crippen LogP contribution is -2.45. The predicted octanol–water partition coefficient (Wildman–Crippen LogP) is 1.54. The first kappa shape index (κ1) is 11.9. The summed E-state index contributed by atoms with van der Waals surface area (Å²) in [4.78, 5) is 11.5. The molecule has 1 atom stereocenters. The summed E-state index contributed by atoms with van der Waals surface area (Å²) in [5.74, 6) is 1.21. The van der Waals surface area contributed by atoms with Crippen molar-refractivity contribution < 1.29 is 0 Å². The Morgan fingerprint density at radius 3 is 3.00 bits per heavy atom. The van der Waals surface area contributed by atoms with E-state index in [1.807, 2.05) is 0 Å². The van der Waals surface area contributed by atoms with E-state index in [9.17, 15) is 0 Å². The molecular weight excluding hydrogens is 224 g/mol. The summed E-state index contributed by atoms with van der Waals surface area (Å²) in [6.07, 6.45) is 9.15. The summed E-state index contributed by atoms with van der Waals surface area (Å²) in [5, 5.41) is 3.40. The summed E-state index contributed by atoms with van der Waals surface area (Å²) in [5.41, 5.74) is 2.71. The monoisotopic (exact) mass is 246 g/mol. The quantitative estimate of drug-likeness (QED) is 0.859. The maximum Gasteiger partial charge on any atom is 0.135 e. The molecule has 0 spiro atoms. The second-order valence-corrected chi connectivity index (χ2v) is 5.40. The van der Waals surface area contributed by atoms with Crippen molar-refractivity contribution in [2.75, 3.05) is 25.0 Å². The highest BCUT2D eigenvalue weighted by Crippen LogP contribution is 2.28. The van der Waals surface area contributed by atoms with Crippen molar-refractivity contribution >= 4 is 5.82 Å². The van der Waals surface area contributed by atoms with E-state index in [1.165, 1.54) is 42.8 Å². The third-order valence-electron chi connectivity index (χ3n) is 4.23. The van der Waals surface area contributed by atoms with Crippen LogP contribution in [0.4, 0.5) is 5.82 Å². The lowest BCUT2D eigenvalue weighted by molar-refractivity contribution is 0.446. The van der Waals surface area contributed by atoms with Crippen molar-refractivity contribution in [3.63, 3.8) is 0 Å². The van der Waals surface area contributed by atoms with Gasteiger partial charge in [-0.15, -0.1) is 0 Å². The van der Waals surface area contributed by atoms with Crippen LogP contribution in [0.5, 0.6) is 0 Å². The number of piperidine rings is 1. The third kappa shape index (κ3) is 2.21. The van der Waals surface area contributed by atoms with Crippen LogP contribution in [0.2, 0.25) is 0 Å². The fourth-order valence-electron chi connectivity index (χ4n) is 3.18. The highest BCUT2D eigenvalue weighted by Gasteiger charge is 2.24. The highest BCUT2D eigenvalue weighted by molar-refractivity contribution is 5.50. The van der Waals surface area contributed by atoms with Crippen molar-refractivity contribution in [1.29, 1.82) is 0 Å². The van der Waals surface area contributed by atoms with Gasteiger partial charge in [-0.2, -0.15) is 0 Å². The lowest BCUT2D eigenvalue weighted by atomic mass is 9.95. The smallest absolute Gasteiger partial charge is 0.135 e. The minimum absolute atomic E-state index is 0.605. The Bertz CT molecular complexity index is 418. The van der Waals surface area contributed by atoms with E-state index in [0.717, 1.165) is 25.9 Å². The molecular formula is C14H22N4. The fraction of sp³-hybridized carbons (Fsp3) is 0.714. The van der Waals surface area contributed by atoms with Crippen molar-refractivity contribution in [2.45, 2.75) is 44.6 Å². The van der Waals surface area contributed by atoms with Crippen LogP contribution in [0.25, 0.3) is 0 Å². The van der Waals surface area contributed by atoms with Gasteiger partial charge in [-0.05, 0) is 45.6 Å². The molecule has 0 saturated carbocycles. The molecule has 1 aliphatic carbocycles. The number of anilines is 1. The van der Waals surface area contributed by atoms with Crippen LogP contribution in [0.3, 0.4) is 0 Å². The SMILES string of the molecule is CNC1CCCN(c2ncnc3c2CCCC3)C1. The predicted molar refractivity (Wildman–Crippen MR) is 73.0 cm³/mol. The largest absolute Gasteiger partial charge is 0.355 e. The Hall–Kier alpha value is -1.16. The summed E-state index contributed by atoms with van der Waals surface area (Å²) in [7, 11) is 2.06. The average molecular weight is 246 g/mol. The topological polar surface area (TPSA) is 41.0 Å². The summed E-state index contributed by atoms with van der Waals surface area (Å²) < 4.78 is 0. The number of rotatable bonds is 2. The van der Waals surface area contributed by atoms with Gasteiger partial charge in [0.1, 0.15) is 12.1 Å². The first-order valence-electron chi connectivity index (χ1n) is 7.13. The molecule has 1 saturated heterocycles. The van der Waals surface area contributed by atoms with Crippen LogP contribution >= 0.6 is 0 Å². The van der Waals surface area contributed by atoms with Gasteiger partial charge in [0.2, 0.25) is 0 Å². The Morgan fingerprint density at radius 2 is 2.11 bits per heavy atom. The van der Waals surface area contributed by atoms with E-state index in [4.69, 9.17) is 0 Å². The zero-order valence-corrected chi connectivity index (χ0v) is 11.2. The van der Waals surface area contributed by atoms with Gasteiger partial charge in [-0.1, -0.05) is 0 Å². The molecule has 0 bridgehead atoms. The zero-order chi connectivity index (χ0) is 12.4. The first-order valence-corrected chi connectivity index (χ1v) is 7.13. The Kier molecular flexibility index (Phi) is 3.46.